The van der Waals surface area contributed by atoms with Gasteiger partial charge in [-0.2, -0.15) is 4.40 Å². The Bertz CT molecular complexity index is 901. The summed E-state index contributed by atoms with van der Waals surface area (Å²) in [4.78, 5) is -0.175. The highest BCUT2D eigenvalue weighted by Crippen LogP contribution is 2.25. The van der Waals surface area contributed by atoms with Gasteiger partial charge >= 0.3 is 0 Å². The molecule has 0 bridgehead atoms. The van der Waals surface area contributed by atoms with Crippen LogP contribution in [0.15, 0.2) is 53.7 Å². The molecule has 0 radical (unpaired) electrons. The molecule has 19 heavy (non-hydrogen) atoms. The molecule has 1 aromatic carbocycles. The fraction of sp³-hybridized carbons (Fsp3) is 0.0714. The summed E-state index contributed by atoms with van der Waals surface area (Å²) in [7, 11) is -4.48. The molecular weight excluding hydrogens is 262 g/mol. The van der Waals surface area contributed by atoms with Crippen LogP contribution in [0.4, 0.5) is 0 Å². The minimum Gasteiger partial charge on any atom is -0.744 e. The van der Waals surface area contributed by atoms with Gasteiger partial charge in [-0.3, -0.25) is 0 Å². The topological polar surface area (TPSA) is 61.3 Å². The van der Waals surface area contributed by atoms with Gasteiger partial charge in [0.1, 0.15) is 10.1 Å². The predicted molar refractivity (Wildman–Crippen MR) is 69.8 cm³/mol. The average molecular weight is 273 g/mol. The van der Waals surface area contributed by atoms with Crippen LogP contribution in [0.2, 0.25) is 0 Å². The van der Waals surface area contributed by atoms with Gasteiger partial charge in [0.25, 0.3) is 0 Å². The second-order valence-electron chi connectivity index (χ2n) is 4.42. The number of aromatic nitrogens is 1. The largest absolute Gasteiger partial charge is 0.744 e. The van der Waals surface area contributed by atoms with E-state index in [0.717, 1.165) is 16.5 Å². The molecule has 0 aliphatic heterocycles. The quantitative estimate of drug-likeness (QED) is 0.386. The lowest BCUT2D eigenvalue weighted by Gasteiger charge is -2.10. The third kappa shape index (κ3) is 1.87. The van der Waals surface area contributed by atoms with E-state index in [9.17, 15) is 13.0 Å². The first-order valence-corrected chi connectivity index (χ1v) is 7.17. The number of fused-ring (bicyclic) bond motifs is 2. The second-order valence-corrected chi connectivity index (χ2v) is 5.77. The van der Waals surface area contributed by atoms with Crippen LogP contribution in [0.1, 0.15) is 5.56 Å². The highest BCUT2D eigenvalue weighted by molar-refractivity contribution is 7.86. The molecule has 0 aliphatic carbocycles. The zero-order valence-electron chi connectivity index (χ0n) is 10.2. The van der Waals surface area contributed by atoms with Crippen LogP contribution < -0.4 is 4.40 Å². The summed E-state index contributed by atoms with van der Waals surface area (Å²) in [5, 5.41) is 1.24. The van der Waals surface area contributed by atoms with E-state index < -0.39 is 10.1 Å². The van der Waals surface area contributed by atoms with Crippen molar-refractivity contribution in [1.82, 2.24) is 0 Å². The zero-order chi connectivity index (χ0) is 13.6. The molecule has 0 saturated heterocycles. The van der Waals surface area contributed by atoms with Crippen LogP contribution in [-0.4, -0.2) is 13.0 Å². The maximum absolute atomic E-state index is 11.3. The van der Waals surface area contributed by atoms with Gasteiger partial charge in [-0.25, -0.2) is 8.42 Å². The van der Waals surface area contributed by atoms with Gasteiger partial charge in [0.15, 0.2) is 12.4 Å². The van der Waals surface area contributed by atoms with E-state index in [1.54, 1.807) is 12.3 Å². The Labute approximate surface area is 110 Å². The molecule has 3 rings (SSSR count). The van der Waals surface area contributed by atoms with E-state index in [1.807, 2.05) is 41.8 Å². The molecule has 0 saturated carbocycles. The molecular formula is C14H11NO3S. The number of aryl methyl sites for hydroxylation is 1. The Kier molecular flexibility index (Phi) is 2.55. The van der Waals surface area contributed by atoms with Crippen molar-refractivity contribution in [3.05, 3.63) is 54.4 Å². The maximum atomic E-state index is 11.3. The Balaban J connectivity index is 2.59. The van der Waals surface area contributed by atoms with Crippen molar-refractivity contribution in [2.75, 3.05) is 0 Å². The summed E-state index contributed by atoms with van der Waals surface area (Å²) < 4.78 is 35.8. The van der Waals surface area contributed by atoms with Gasteiger partial charge in [-0.15, -0.1) is 0 Å². The summed E-state index contributed by atoms with van der Waals surface area (Å²) in [6.07, 6.45) is 3.51. The van der Waals surface area contributed by atoms with E-state index >= 15 is 0 Å². The normalized spacial score (nSPS) is 12.1. The molecule has 3 aromatic rings. The third-order valence-corrected chi connectivity index (χ3v) is 4.18. The molecule has 0 aliphatic rings. The molecule has 0 atom stereocenters. The molecule has 2 aromatic heterocycles. The lowest BCUT2D eigenvalue weighted by molar-refractivity contribution is -0.510. The summed E-state index contributed by atoms with van der Waals surface area (Å²) in [5.41, 5.74) is 1.93. The van der Waals surface area contributed by atoms with Gasteiger partial charge in [0.2, 0.25) is 5.52 Å². The van der Waals surface area contributed by atoms with Crippen molar-refractivity contribution in [2.24, 2.45) is 0 Å². The number of nitrogens with zero attached hydrogens (tertiary/aromatic N) is 1. The minimum absolute atomic E-state index is 0.175. The summed E-state index contributed by atoms with van der Waals surface area (Å²) >= 11 is 0. The fourth-order valence-electron chi connectivity index (χ4n) is 2.39. The van der Waals surface area contributed by atoms with Crippen LogP contribution in [0, 0.1) is 6.92 Å². The van der Waals surface area contributed by atoms with Crippen molar-refractivity contribution in [1.29, 1.82) is 0 Å². The first-order valence-electron chi connectivity index (χ1n) is 5.77. The molecule has 0 unspecified atom stereocenters. The lowest BCUT2D eigenvalue weighted by atomic mass is 10.1. The Morgan fingerprint density at radius 3 is 2.58 bits per heavy atom. The lowest BCUT2D eigenvalue weighted by Crippen LogP contribution is -2.22. The van der Waals surface area contributed by atoms with Crippen molar-refractivity contribution in [3.8, 4) is 0 Å². The van der Waals surface area contributed by atoms with Crippen molar-refractivity contribution < 1.29 is 17.4 Å². The molecule has 5 heteroatoms. The van der Waals surface area contributed by atoms with Crippen molar-refractivity contribution >= 4 is 26.4 Å². The molecule has 0 fully saturated rings. The number of hydrogen-bond acceptors (Lipinski definition) is 3. The SMILES string of the molecule is Cc1c2cccc(S(=O)(=O)[O-])c2c[n+]2ccccc12. The van der Waals surface area contributed by atoms with E-state index in [2.05, 4.69) is 0 Å². The van der Waals surface area contributed by atoms with Crippen LogP contribution in [0.3, 0.4) is 0 Å². The van der Waals surface area contributed by atoms with E-state index in [0.29, 0.717) is 5.39 Å². The summed E-state index contributed by atoms with van der Waals surface area (Å²) in [6, 6.07) is 10.5. The third-order valence-electron chi connectivity index (χ3n) is 3.28. The number of rotatable bonds is 1. The summed E-state index contributed by atoms with van der Waals surface area (Å²) in [5.74, 6) is 0. The van der Waals surface area contributed by atoms with Crippen molar-refractivity contribution in [2.45, 2.75) is 11.8 Å². The van der Waals surface area contributed by atoms with Crippen LogP contribution in [0.5, 0.6) is 0 Å². The molecule has 96 valence electrons. The summed E-state index contributed by atoms with van der Waals surface area (Å²) in [6.45, 7) is 1.92. The maximum Gasteiger partial charge on any atom is 0.214 e. The smallest absolute Gasteiger partial charge is 0.214 e. The number of pyridine rings is 2. The van der Waals surface area contributed by atoms with Gasteiger partial charge < -0.3 is 4.55 Å². The van der Waals surface area contributed by atoms with Gasteiger partial charge in [-0.05, 0) is 24.4 Å². The second kappa shape index (κ2) is 4.01. The average Bonchev–Trinajstić information content (AvgIpc) is 2.37. The van der Waals surface area contributed by atoms with Crippen LogP contribution >= 0.6 is 0 Å². The standard InChI is InChI=1S/C14H11NO3S/c1-10-11-5-4-7-14(19(16,17)18)12(11)9-15-8-3-2-6-13(10)15/h2-9H,1H3. The van der Waals surface area contributed by atoms with E-state index in [1.165, 1.54) is 6.07 Å². The van der Waals surface area contributed by atoms with Crippen LogP contribution in [0.25, 0.3) is 16.3 Å². The molecule has 2 heterocycles. The highest BCUT2D eigenvalue weighted by atomic mass is 32.2. The molecule has 0 N–H and O–H groups in total. The first-order chi connectivity index (χ1) is 8.98. The Morgan fingerprint density at radius 1 is 1.05 bits per heavy atom. The van der Waals surface area contributed by atoms with Gasteiger partial charge in [0.05, 0.1) is 10.3 Å². The van der Waals surface area contributed by atoms with E-state index in [-0.39, 0.29) is 4.90 Å². The van der Waals surface area contributed by atoms with Crippen LogP contribution in [-0.2, 0) is 10.1 Å². The first kappa shape index (κ1) is 12.1. The predicted octanol–water partition coefficient (Wildman–Crippen LogP) is 1.79. The van der Waals surface area contributed by atoms with E-state index in [4.69, 9.17) is 0 Å². The van der Waals surface area contributed by atoms with Gasteiger partial charge in [-0.1, -0.05) is 12.1 Å². The highest BCUT2D eigenvalue weighted by Gasteiger charge is 2.15. The molecule has 0 amide bonds. The number of benzene rings is 1. The monoisotopic (exact) mass is 273 g/mol. The molecule has 4 nitrogen and oxygen atoms in total. The zero-order valence-corrected chi connectivity index (χ0v) is 11.0. The van der Waals surface area contributed by atoms with Gasteiger partial charge in [0, 0.05) is 17.7 Å². The fourth-order valence-corrected chi connectivity index (χ4v) is 3.06. The molecule has 0 spiro atoms. The number of hydrogen-bond donors (Lipinski definition) is 0. The Hall–Kier alpha value is -1.98. The Morgan fingerprint density at radius 2 is 1.84 bits per heavy atom. The van der Waals surface area contributed by atoms with Crippen molar-refractivity contribution in [3.63, 3.8) is 0 Å². The minimum atomic E-state index is -4.48.